The molecule has 1 aliphatic rings. The summed E-state index contributed by atoms with van der Waals surface area (Å²) in [5.41, 5.74) is 0. The van der Waals surface area contributed by atoms with Crippen molar-refractivity contribution in [1.82, 2.24) is 19.8 Å². The summed E-state index contributed by atoms with van der Waals surface area (Å²) in [6.45, 7) is 2.60. The number of aromatic nitrogens is 2. The first-order valence-electron chi connectivity index (χ1n) is 6.07. The van der Waals surface area contributed by atoms with E-state index in [1.54, 1.807) is 11.1 Å². The minimum atomic E-state index is 0.210. The predicted octanol–water partition coefficient (Wildman–Crippen LogP) is 0.378. The van der Waals surface area contributed by atoms with Gasteiger partial charge in [0.25, 0.3) is 0 Å². The Morgan fingerprint density at radius 1 is 1.71 bits per heavy atom. The molecular weight excluding hydrogens is 216 g/mol. The average molecular weight is 236 g/mol. The number of hydrogen-bond acceptors (Lipinski definition) is 3. The van der Waals surface area contributed by atoms with Crippen LogP contribution in [0.5, 0.6) is 0 Å². The van der Waals surface area contributed by atoms with Gasteiger partial charge < -0.3 is 14.8 Å². The second-order valence-electron chi connectivity index (χ2n) is 4.77. The van der Waals surface area contributed by atoms with E-state index in [0.29, 0.717) is 18.9 Å². The molecule has 2 heterocycles. The normalized spacial score (nSPS) is 19.5. The van der Waals surface area contributed by atoms with Gasteiger partial charge in [0.1, 0.15) is 5.82 Å². The standard InChI is InChI=1S/C12H20N4O/c1-15-6-5-14-11(15)9-16(2)12(17)7-10-3-4-13-8-10/h5-6,10,13H,3-4,7-9H2,1-2H3. The summed E-state index contributed by atoms with van der Waals surface area (Å²) in [4.78, 5) is 18.0. The van der Waals surface area contributed by atoms with Crippen LogP contribution < -0.4 is 5.32 Å². The van der Waals surface area contributed by atoms with E-state index in [4.69, 9.17) is 0 Å². The van der Waals surface area contributed by atoms with E-state index in [-0.39, 0.29) is 5.91 Å². The molecule has 1 aromatic rings. The quantitative estimate of drug-likeness (QED) is 0.822. The van der Waals surface area contributed by atoms with E-state index in [0.717, 1.165) is 25.3 Å². The minimum absolute atomic E-state index is 0.210. The van der Waals surface area contributed by atoms with Crippen LogP contribution in [-0.4, -0.2) is 40.5 Å². The van der Waals surface area contributed by atoms with Gasteiger partial charge in [-0.05, 0) is 25.4 Å². The maximum atomic E-state index is 12.0. The fourth-order valence-electron chi connectivity index (χ4n) is 2.14. The molecule has 0 aromatic carbocycles. The number of rotatable bonds is 4. The maximum Gasteiger partial charge on any atom is 0.223 e. The smallest absolute Gasteiger partial charge is 0.223 e. The summed E-state index contributed by atoms with van der Waals surface area (Å²) in [6.07, 6.45) is 5.42. The van der Waals surface area contributed by atoms with Gasteiger partial charge in [-0.25, -0.2) is 4.98 Å². The van der Waals surface area contributed by atoms with E-state index in [2.05, 4.69) is 10.3 Å². The molecule has 0 spiro atoms. The Morgan fingerprint density at radius 2 is 2.53 bits per heavy atom. The van der Waals surface area contributed by atoms with Crippen LogP contribution in [0.3, 0.4) is 0 Å². The van der Waals surface area contributed by atoms with Crippen molar-refractivity contribution in [2.75, 3.05) is 20.1 Å². The highest BCUT2D eigenvalue weighted by Crippen LogP contribution is 2.14. The van der Waals surface area contributed by atoms with Crippen molar-refractivity contribution in [3.63, 3.8) is 0 Å². The fourth-order valence-corrected chi connectivity index (χ4v) is 2.14. The lowest BCUT2D eigenvalue weighted by molar-refractivity contribution is -0.131. The third-order valence-electron chi connectivity index (χ3n) is 3.35. The van der Waals surface area contributed by atoms with Crippen LogP contribution in [0.25, 0.3) is 0 Å². The monoisotopic (exact) mass is 236 g/mol. The summed E-state index contributed by atoms with van der Waals surface area (Å²) in [5.74, 6) is 1.64. The van der Waals surface area contributed by atoms with E-state index >= 15 is 0 Å². The molecule has 0 bridgehead atoms. The lowest BCUT2D eigenvalue weighted by Gasteiger charge is -2.18. The van der Waals surface area contributed by atoms with Crippen LogP contribution in [0.4, 0.5) is 0 Å². The summed E-state index contributed by atoms with van der Waals surface area (Å²) in [6, 6.07) is 0. The van der Waals surface area contributed by atoms with Crippen LogP contribution in [0.15, 0.2) is 12.4 Å². The van der Waals surface area contributed by atoms with Gasteiger partial charge in [0.2, 0.25) is 5.91 Å². The lowest BCUT2D eigenvalue weighted by atomic mass is 10.0. The molecule has 0 radical (unpaired) electrons. The Morgan fingerprint density at radius 3 is 3.12 bits per heavy atom. The zero-order valence-electron chi connectivity index (χ0n) is 10.5. The van der Waals surface area contributed by atoms with E-state index < -0.39 is 0 Å². The van der Waals surface area contributed by atoms with Crippen molar-refractivity contribution in [3.8, 4) is 0 Å². The average Bonchev–Trinajstić information content (AvgIpc) is 2.91. The largest absolute Gasteiger partial charge is 0.338 e. The van der Waals surface area contributed by atoms with Crippen molar-refractivity contribution < 1.29 is 4.79 Å². The molecule has 1 aromatic heterocycles. The molecule has 1 saturated heterocycles. The number of nitrogens with zero attached hydrogens (tertiary/aromatic N) is 3. The molecule has 2 rings (SSSR count). The van der Waals surface area contributed by atoms with Gasteiger partial charge in [0.15, 0.2) is 0 Å². The summed E-state index contributed by atoms with van der Waals surface area (Å²) in [5, 5.41) is 3.28. The Balaban J connectivity index is 1.84. The second-order valence-corrected chi connectivity index (χ2v) is 4.77. The molecule has 94 valence electrons. The number of amides is 1. The van der Waals surface area contributed by atoms with Crippen molar-refractivity contribution in [3.05, 3.63) is 18.2 Å². The molecule has 5 heteroatoms. The molecule has 1 atom stereocenters. The third-order valence-corrected chi connectivity index (χ3v) is 3.35. The van der Waals surface area contributed by atoms with Gasteiger partial charge in [-0.3, -0.25) is 4.79 Å². The van der Waals surface area contributed by atoms with Crippen LogP contribution >= 0.6 is 0 Å². The van der Waals surface area contributed by atoms with Crippen LogP contribution in [0.2, 0.25) is 0 Å². The van der Waals surface area contributed by atoms with E-state index in [9.17, 15) is 4.79 Å². The first-order valence-corrected chi connectivity index (χ1v) is 6.07. The molecule has 1 fully saturated rings. The summed E-state index contributed by atoms with van der Waals surface area (Å²) < 4.78 is 1.95. The number of aryl methyl sites for hydroxylation is 1. The zero-order chi connectivity index (χ0) is 12.3. The van der Waals surface area contributed by atoms with Gasteiger partial charge in [0, 0.05) is 32.9 Å². The highest BCUT2D eigenvalue weighted by atomic mass is 16.2. The third kappa shape index (κ3) is 3.06. The van der Waals surface area contributed by atoms with Crippen molar-refractivity contribution >= 4 is 5.91 Å². The lowest BCUT2D eigenvalue weighted by Crippen LogP contribution is -2.29. The van der Waals surface area contributed by atoms with Crippen LogP contribution in [0.1, 0.15) is 18.7 Å². The Kier molecular flexibility index (Phi) is 3.78. The molecular formula is C12H20N4O. The van der Waals surface area contributed by atoms with Gasteiger partial charge in [0.05, 0.1) is 6.54 Å². The molecule has 0 saturated carbocycles. The van der Waals surface area contributed by atoms with Gasteiger partial charge in [-0.2, -0.15) is 0 Å². The van der Waals surface area contributed by atoms with E-state index in [1.165, 1.54) is 0 Å². The summed E-state index contributed by atoms with van der Waals surface area (Å²) in [7, 11) is 3.79. The molecule has 1 unspecified atom stereocenters. The number of nitrogens with one attached hydrogen (secondary N) is 1. The molecule has 5 nitrogen and oxygen atoms in total. The predicted molar refractivity (Wildman–Crippen MR) is 65.3 cm³/mol. The molecule has 1 amide bonds. The molecule has 17 heavy (non-hydrogen) atoms. The first-order chi connectivity index (χ1) is 8.16. The number of hydrogen-bond donors (Lipinski definition) is 1. The van der Waals surface area contributed by atoms with Gasteiger partial charge >= 0.3 is 0 Å². The SMILES string of the molecule is CN(Cc1nccn1C)C(=O)CC1CCNC1. The molecule has 1 aliphatic heterocycles. The van der Waals surface area contributed by atoms with Crippen molar-refractivity contribution in [2.24, 2.45) is 13.0 Å². The number of carbonyl (C=O) groups excluding carboxylic acids is 1. The highest BCUT2D eigenvalue weighted by molar-refractivity contribution is 5.76. The van der Waals surface area contributed by atoms with Gasteiger partial charge in [-0.15, -0.1) is 0 Å². The van der Waals surface area contributed by atoms with Crippen LogP contribution in [0, 0.1) is 5.92 Å². The highest BCUT2D eigenvalue weighted by Gasteiger charge is 2.20. The maximum absolute atomic E-state index is 12.0. The summed E-state index contributed by atoms with van der Waals surface area (Å²) >= 11 is 0. The topological polar surface area (TPSA) is 50.2 Å². The molecule has 0 aliphatic carbocycles. The minimum Gasteiger partial charge on any atom is -0.338 e. The van der Waals surface area contributed by atoms with Crippen molar-refractivity contribution in [1.29, 1.82) is 0 Å². The fraction of sp³-hybridized carbons (Fsp3) is 0.667. The number of carbonyl (C=O) groups is 1. The second kappa shape index (κ2) is 5.31. The zero-order valence-corrected chi connectivity index (χ0v) is 10.5. The van der Waals surface area contributed by atoms with E-state index in [1.807, 2.05) is 24.9 Å². The number of imidazole rings is 1. The van der Waals surface area contributed by atoms with Crippen molar-refractivity contribution in [2.45, 2.75) is 19.4 Å². The molecule has 1 N–H and O–H groups in total. The first kappa shape index (κ1) is 12.1. The van der Waals surface area contributed by atoms with Crippen LogP contribution in [-0.2, 0) is 18.4 Å². The Bertz CT molecular complexity index is 382. The van der Waals surface area contributed by atoms with Gasteiger partial charge in [-0.1, -0.05) is 0 Å². The Hall–Kier alpha value is -1.36. The Labute approximate surface area is 102 Å².